The topological polar surface area (TPSA) is 38.1 Å². The van der Waals surface area contributed by atoms with Gasteiger partial charge in [0.2, 0.25) is 5.91 Å². The minimum Gasteiger partial charge on any atom is -0.348 e. The van der Waals surface area contributed by atoms with Crippen molar-refractivity contribution in [1.82, 2.24) is 14.5 Å². The molecule has 0 radical (unpaired) electrons. The lowest BCUT2D eigenvalue weighted by atomic mass is 10.1. The molecular formula is C20H21N3OS. The molecule has 0 aliphatic heterocycles. The molecule has 1 amide bonds. The summed E-state index contributed by atoms with van der Waals surface area (Å²) in [5.74, 6) is 0.0514. The van der Waals surface area contributed by atoms with Crippen molar-refractivity contribution in [1.29, 1.82) is 0 Å². The summed E-state index contributed by atoms with van der Waals surface area (Å²) >= 11 is 1.48. The zero-order valence-corrected chi connectivity index (χ0v) is 15.4. The van der Waals surface area contributed by atoms with Crippen LogP contribution >= 0.6 is 11.8 Å². The monoisotopic (exact) mass is 351 g/mol. The summed E-state index contributed by atoms with van der Waals surface area (Å²) in [4.78, 5) is 18.9. The second kappa shape index (κ2) is 7.57. The van der Waals surface area contributed by atoms with Crippen molar-refractivity contribution in [2.75, 3.05) is 14.1 Å². The number of aryl methyl sites for hydroxylation is 1. The molecule has 25 heavy (non-hydrogen) atoms. The van der Waals surface area contributed by atoms with E-state index in [9.17, 15) is 4.79 Å². The van der Waals surface area contributed by atoms with Crippen LogP contribution in [-0.2, 0) is 4.79 Å². The molecule has 1 heterocycles. The van der Waals surface area contributed by atoms with E-state index in [1.54, 1.807) is 25.2 Å². The molecule has 3 rings (SSSR count). The number of carbonyl (C=O) groups is 1. The summed E-state index contributed by atoms with van der Waals surface area (Å²) in [5, 5.41) is 0.472. The Morgan fingerprint density at radius 2 is 1.76 bits per heavy atom. The highest BCUT2D eigenvalue weighted by Crippen LogP contribution is 2.36. The maximum Gasteiger partial charge on any atom is 0.240 e. The highest BCUT2D eigenvalue weighted by atomic mass is 32.2. The van der Waals surface area contributed by atoms with Crippen LogP contribution in [-0.4, -0.2) is 34.5 Å². The van der Waals surface area contributed by atoms with Gasteiger partial charge in [0.15, 0.2) is 5.16 Å². The number of benzene rings is 2. The van der Waals surface area contributed by atoms with Gasteiger partial charge in [0.1, 0.15) is 5.25 Å². The van der Waals surface area contributed by atoms with E-state index in [-0.39, 0.29) is 11.2 Å². The zero-order valence-electron chi connectivity index (χ0n) is 14.6. The van der Waals surface area contributed by atoms with E-state index in [0.29, 0.717) is 0 Å². The Hall–Kier alpha value is -2.53. The largest absolute Gasteiger partial charge is 0.348 e. The smallest absolute Gasteiger partial charge is 0.240 e. The van der Waals surface area contributed by atoms with Gasteiger partial charge in [-0.05, 0) is 24.1 Å². The van der Waals surface area contributed by atoms with Crippen molar-refractivity contribution in [2.24, 2.45) is 0 Å². The molecule has 0 spiro atoms. The lowest BCUT2D eigenvalue weighted by molar-refractivity contribution is -0.128. The molecular weight excluding hydrogens is 330 g/mol. The fourth-order valence-corrected chi connectivity index (χ4v) is 3.83. The highest BCUT2D eigenvalue weighted by Gasteiger charge is 2.25. The first-order valence-corrected chi connectivity index (χ1v) is 8.98. The number of imidazole rings is 1. The molecule has 0 aliphatic carbocycles. The number of likely N-dealkylation sites (N-methyl/N-ethyl adjacent to an activating group) is 1. The second-order valence-corrected chi connectivity index (χ2v) is 7.08. The second-order valence-electron chi connectivity index (χ2n) is 6.01. The van der Waals surface area contributed by atoms with E-state index in [2.05, 4.69) is 24.0 Å². The first-order chi connectivity index (χ1) is 12.1. The first-order valence-electron chi connectivity index (χ1n) is 8.10. The average Bonchev–Trinajstić information content (AvgIpc) is 3.08. The molecule has 0 N–H and O–H groups in total. The number of amides is 1. The number of hydrogen-bond donors (Lipinski definition) is 0. The van der Waals surface area contributed by atoms with Crippen LogP contribution in [0.2, 0.25) is 0 Å². The predicted octanol–water partition coefficient (Wildman–Crippen LogP) is 4.10. The molecule has 0 fully saturated rings. The number of thioether (sulfide) groups is 1. The molecule has 2 aromatic carbocycles. The van der Waals surface area contributed by atoms with Crippen LogP contribution in [0.15, 0.2) is 72.1 Å². The number of aromatic nitrogens is 2. The molecule has 3 aromatic rings. The van der Waals surface area contributed by atoms with Crippen molar-refractivity contribution in [3.63, 3.8) is 0 Å². The van der Waals surface area contributed by atoms with Crippen LogP contribution in [0.3, 0.4) is 0 Å². The van der Waals surface area contributed by atoms with Gasteiger partial charge in [-0.25, -0.2) is 4.98 Å². The summed E-state index contributed by atoms with van der Waals surface area (Å²) in [6.45, 7) is 2.07. The number of hydrogen-bond acceptors (Lipinski definition) is 3. The Bertz CT molecular complexity index is 858. The molecule has 4 nitrogen and oxygen atoms in total. The molecule has 1 atom stereocenters. The van der Waals surface area contributed by atoms with Gasteiger partial charge in [-0.2, -0.15) is 0 Å². The molecule has 0 saturated heterocycles. The van der Waals surface area contributed by atoms with Gasteiger partial charge >= 0.3 is 0 Å². The Kier molecular flexibility index (Phi) is 5.24. The van der Waals surface area contributed by atoms with Crippen molar-refractivity contribution >= 4 is 17.7 Å². The Labute approximate surface area is 152 Å². The van der Waals surface area contributed by atoms with Crippen LogP contribution in [0, 0.1) is 6.92 Å². The van der Waals surface area contributed by atoms with Gasteiger partial charge in [-0.15, -0.1) is 0 Å². The van der Waals surface area contributed by atoms with Crippen LogP contribution < -0.4 is 0 Å². The molecule has 0 bridgehead atoms. The van der Waals surface area contributed by atoms with E-state index in [4.69, 9.17) is 0 Å². The van der Waals surface area contributed by atoms with E-state index >= 15 is 0 Å². The third-order valence-corrected chi connectivity index (χ3v) is 5.19. The number of nitrogens with zero attached hydrogens (tertiary/aromatic N) is 3. The summed E-state index contributed by atoms with van der Waals surface area (Å²) in [6.07, 6.45) is 3.71. The standard InChI is InChI=1S/C20H21N3OS/c1-15-9-7-8-12-17(15)23-14-13-21-20(23)25-18(19(24)22(2)3)16-10-5-4-6-11-16/h4-14,18H,1-3H3/t18-/m1/s1. The molecule has 1 aromatic heterocycles. The van der Waals surface area contributed by atoms with Crippen LogP contribution in [0.5, 0.6) is 0 Å². The van der Waals surface area contributed by atoms with Crippen LogP contribution in [0.1, 0.15) is 16.4 Å². The van der Waals surface area contributed by atoms with Gasteiger partial charge in [-0.3, -0.25) is 9.36 Å². The molecule has 0 aliphatic rings. The predicted molar refractivity (Wildman–Crippen MR) is 102 cm³/mol. The van der Waals surface area contributed by atoms with Crippen molar-refractivity contribution < 1.29 is 4.79 Å². The fourth-order valence-electron chi connectivity index (χ4n) is 2.62. The maximum atomic E-state index is 12.8. The van der Waals surface area contributed by atoms with Gasteiger partial charge in [-0.1, -0.05) is 60.3 Å². The van der Waals surface area contributed by atoms with Gasteiger partial charge in [0.05, 0.1) is 5.69 Å². The lowest BCUT2D eigenvalue weighted by Crippen LogP contribution is -2.27. The minimum atomic E-state index is -0.332. The number of rotatable bonds is 5. The molecule has 0 saturated carbocycles. The summed E-state index contributed by atoms with van der Waals surface area (Å²) in [7, 11) is 3.57. The third-order valence-electron chi connectivity index (χ3n) is 3.97. The normalized spacial score (nSPS) is 12.0. The van der Waals surface area contributed by atoms with Gasteiger partial charge in [0.25, 0.3) is 0 Å². The van der Waals surface area contributed by atoms with E-state index in [1.165, 1.54) is 11.8 Å². The fraction of sp³-hybridized carbons (Fsp3) is 0.200. The van der Waals surface area contributed by atoms with Crippen molar-refractivity contribution in [2.45, 2.75) is 17.3 Å². The van der Waals surface area contributed by atoms with Gasteiger partial charge < -0.3 is 4.90 Å². The van der Waals surface area contributed by atoms with Crippen molar-refractivity contribution in [3.05, 3.63) is 78.1 Å². The van der Waals surface area contributed by atoms with E-state index < -0.39 is 0 Å². The highest BCUT2D eigenvalue weighted by molar-refractivity contribution is 8.00. The summed E-state index contributed by atoms with van der Waals surface area (Å²) in [6, 6.07) is 18.0. The van der Waals surface area contributed by atoms with E-state index in [1.807, 2.05) is 53.2 Å². The zero-order chi connectivity index (χ0) is 17.8. The SMILES string of the molecule is Cc1ccccc1-n1ccnc1S[C@@H](C(=O)N(C)C)c1ccccc1. The van der Waals surface area contributed by atoms with Crippen LogP contribution in [0.4, 0.5) is 0 Å². The molecule has 0 unspecified atom stereocenters. The molecule has 128 valence electrons. The van der Waals surface area contributed by atoms with Gasteiger partial charge in [0, 0.05) is 26.5 Å². The first kappa shape index (κ1) is 17.3. The molecule has 5 heteroatoms. The number of carbonyl (C=O) groups excluding carboxylic acids is 1. The Morgan fingerprint density at radius 3 is 2.44 bits per heavy atom. The van der Waals surface area contributed by atoms with E-state index in [0.717, 1.165) is 22.0 Å². The average molecular weight is 351 g/mol. The quantitative estimate of drug-likeness (QED) is 0.650. The number of para-hydroxylation sites is 1. The van der Waals surface area contributed by atoms with Crippen LogP contribution in [0.25, 0.3) is 5.69 Å². The maximum absolute atomic E-state index is 12.8. The Balaban J connectivity index is 1.98. The minimum absolute atomic E-state index is 0.0514. The summed E-state index contributed by atoms with van der Waals surface area (Å²) < 4.78 is 2.04. The van der Waals surface area contributed by atoms with Crippen molar-refractivity contribution in [3.8, 4) is 5.69 Å². The third kappa shape index (κ3) is 3.77. The lowest BCUT2D eigenvalue weighted by Gasteiger charge is -2.21. The summed E-state index contributed by atoms with van der Waals surface area (Å²) in [5.41, 5.74) is 3.22. The Morgan fingerprint density at radius 1 is 1.08 bits per heavy atom.